The Hall–Kier alpha value is -2.20. The average molecular weight is 410 g/mol. The van der Waals surface area contributed by atoms with Crippen molar-refractivity contribution in [1.29, 1.82) is 0 Å². The maximum Gasteiger partial charge on any atom is 0.339 e. The van der Waals surface area contributed by atoms with Gasteiger partial charge in [-0.2, -0.15) is 0 Å². The Kier molecular flexibility index (Phi) is 4.77. The van der Waals surface area contributed by atoms with Gasteiger partial charge < -0.3 is 4.74 Å². The van der Waals surface area contributed by atoms with Gasteiger partial charge in [-0.1, -0.05) is 53.2 Å². The SMILES string of the molecule is CC1CCc2nc3ccccc3c(C(=O)OCc3ccc(Br)cc3)c2C1. The minimum absolute atomic E-state index is 0.253. The predicted molar refractivity (Wildman–Crippen MR) is 106 cm³/mol. The van der Waals surface area contributed by atoms with Crippen LogP contribution in [0.4, 0.5) is 0 Å². The predicted octanol–water partition coefficient (Wildman–Crippen LogP) is 5.48. The highest BCUT2D eigenvalue weighted by molar-refractivity contribution is 9.10. The van der Waals surface area contributed by atoms with Gasteiger partial charge in [0.05, 0.1) is 11.1 Å². The monoisotopic (exact) mass is 409 g/mol. The van der Waals surface area contributed by atoms with Gasteiger partial charge in [-0.3, -0.25) is 4.98 Å². The number of benzene rings is 2. The highest BCUT2D eigenvalue weighted by Gasteiger charge is 2.26. The van der Waals surface area contributed by atoms with Crippen molar-refractivity contribution >= 4 is 32.8 Å². The van der Waals surface area contributed by atoms with Gasteiger partial charge in [-0.15, -0.1) is 0 Å². The maximum atomic E-state index is 13.0. The van der Waals surface area contributed by atoms with E-state index < -0.39 is 0 Å². The standard InChI is InChI=1S/C22H20BrNO2/c1-14-6-11-20-18(12-14)21(17-4-2-3-5-19(17)24-20)22(25)26-13-15-7-9-16(23)10-8-15/h2-5,7-10,14H,6,11-13H2,1H3. The molecule has 1 aliphatic rings. The molecule has 2 aromatic carbocycles. The number of nitrogens with zero attached hydrogens (tertiary/aromatic N) is 1. The molecular weight excluding hydrogens is 390 g/mol. The summed E-state index contributed by atoms with van der Waals surface area (Å²) in [7, 11) is 0. The second-order valence-electron chi connectivity index (χ2n) is 6.98. The zero-order chi connectivity index (χ0) is 18.1. The topological polar surface area (TPSA) is 39.2 Å². The van der Waals surface area contributed by atoms with Gasteiger partial charge >= 0.3 is 5.97 Å². The van der Waals surface area contributed by atoms with Crippen LogP contribution >= 0.6 is 15.9 Å². The van der Waals surface area contributed by atoms with Crippen molar-refractivity contribution in [3.05, 3.63) is 75.4 Å². The van der Waals surface area contributed by atoms with E-state index in [1.807, 2.05) is 48.5 Å². The molecule has 0 saturated carbocycles. The fourth-order valence-corrected chi connectivity index (χ4v) is 3.86. The van der Waals surface area contributed by atoms with Gasteiger partial charge in [0.2, 0.25) is 0 Å². The number of carbonyl (C=O) groups is 1. The molecule has 26 heavy (non-hydrogen) atoms. The van der Waals surface area contributed by atoms with Crippen molar-refractivity contribution in [2.45, 2.75) is 32.8 Å². The van der Waals surface area contributed by atoms with Crippen molar-refractivity contribution in [1.82, 2.24) is 4.98 Å². The number of pyridine rings is 1. The fourth-order valence-electron chi connectivity index (χ4n) is 3.60. The zero-order valence-corrected chi connectivity index (χ0v) is 16.3. The van der Waals surface area contributed by atoms with E-state index >= 15 is 0 Å². The van der Waals surface area contributed by atoms with E-state index in [0.29, 0.717) is 11.5 Å². The first-order valence-corrected chi connectivity index (χ1v) is 9.73. The first-order chi connectivity index (χ1) is 12.6. The van der Waals surface area contributed by atoms with Gasteiger partial charge in [-0.25, -0.2) is 4.79 Å². The number of esters is 1. The van der Waals surface area contributed by atoms with Crippen LogP contribution in [0.3, 0.4) is 0 Å². The molecule has 0 bridgehead atoms. The molecule has 0 aliphatic heterocycles. The summed E-state index contributed by atoms with van der Waals surface area (Å²) in [5.74, 6) is 0.306. The number of ether oxygens (including phenoxy) is 1. The van der Waals surface area contributed by atoms with E-state index in [9.17, 15) is 4.79 Å². The molecule has 0 radical (unpaired) electrons. The Bertz CT molecular complexity index is 966. The van der Waals surface area contributed by atoms with E-state index in [0.717, 1.165) is 51.5 Å². The van der Waals surface area contributed by atoms with Crippen LogP contribution in [-0.2, 0) is 24.2 Å². The number of aryl methyl sites for hydroxylation is 1. The number of fused-ring (bicyclic) bond motifs is 2. The third-order valence-corrected chi connectivity index (χ3v) is 5.52. The van der Waals surface area contributed by atoms with Crippen LogP contribution in [-0.4, -0.2) is 11.0 Å². The number of aromatic nitrogens is 1. The second-order valence-corrected chi connectivity index (χ2v) is 7.90. The molecule has 132 valence electrons. The van der Waals surface area contributed by atoms with Crippen molar-refractivity contribution in [3.8, 4) is 0 Å². The van der Waals surface area contributed by atoms with Gasteiger partial charge in [0.15, 0.2) is 0 Å². The second kappa shape index (κ2) is 7.20. The van der Waals surface area contributed by atoms with E-state index in [-0.39, 0.29) is 12.6 Å². The summed E-state index contributed by atoms with van der Waals surface area (Å²) in [5.41, 5.74) is 4.67. The third-order valence-electron chi connectivity index (χ3n) is 4.99. The molecule has 3 aromatic rings. The Morgan fingerprint density at radius 2 is 1.96 bits per heavy atom. The number of halogens is 1. The lowest BCUT2D eigenvalue weighted by Crippen LogP contribution is -2.19. The lowest BCUT2D eigenvalue weighted by atomic mass is 9.84. The van der Waals surface area contributed by atoms with Gasteiger partial charge in [0, 0.05) is 15.6 Å². The average Bonchev–Trinajstić information content (AvgIpc) is 2.65. The van der Waals surface area contributed by atoms with Gasteiger partial charge in [0.25, 0.3) is 0 Å². The summed E-state index contributed by atoms with van der Waals surface area (Å²) in [6.07, 6.45) is 2.93. The summed E-state index contributed by atoms with van der Waals surface area (Å²) in [6.45, 7) is 2.50. The minimum Gasteiger partial charge on any atom is -0.457 e. The number of rotatable bonds is 3. The van der Waals surface area contributed by atoms with Crippen LogP contribution < -0.4 is 0 Å². The van der Waals surface area contributed by atoms with Gasteiger partial charge in [0.1, 0.15) is 6.61 Å². The molecule has 0 saturated heterocycles. The highest BCUT2D eigenvalue weighted by Crippen LogP contribution is 2.32. The van der Waals surface area contributed by atoms with Crippen LogP contribution in [0.1, 0.15) is 40.5 Å². The van der Waals surface area contributed by atoms with Crippen molar-refractivity contribution in [2.75, 3.05) is 0 Å². The molecule has 4 heteroatoms. The maximum absolute atomic E-state index is 13.0. The van der Waals surface area contributed by atoms with Crippen LogP contribution in [0.15, 0.2) is 53.0 Å². The molecule has 0 fully saturated rings. The molecule has 1 unspecified atom stereocenters. The Morgan fingerprint density at radius 1 is 1.19 bits per heavy atom. The van der Waals surface area contributed by atoms with Crippen molar-refractivity contribution < 1.29 is 9.53 Å². The summed E-state index contributed by atoms with van der Waals surface area (Å²) >= 11 is 3.42. The summed E-state index contributed by atoms with van der Waals surface area (Å²) < 4.78 is 6.69. The molecule has 1 atom stereocenters. The van der Waals surface area contributed by atoms with Crippen LogP contribution in [0.5, 0.6) is 0 Å². The lowest BCUT2D eigenvalue weighted by molar-refractivity contribution is 0.0473. The largest absolute Gasteiger partial charge is 0.457 e. The summed E-state index contributed by atoms with van der Waals surface area (Å²) in [4.78, 5) is 17.8. The van der Waals surface area contributed by atoms with Crippen LogP contribution in [0, 0.1) is 5.92 Å². The third kappa shape index (κ3) is 3.38. The van der Waals surface area contributed by atoms with E-state index in [1.54, 1.807) is 0 Å². The molecule has 1 aromatic heterocycles. The van der Waals surface area contributed by atoms with Crippen LogP contribution in [0.2, 0.25) is 0 Å². The molecule has 1 heterocycles. The first kappa shape index (κ1) is 17.2. The number of hydrogen-bond acceptors (Lipinski definition) is 3. The Morgan fingerprint density at radius 3 is 2.77 bits per heavy atom. The highest BCUT2D eigenvalue weighted by atomic mass is 79.9. The number of para-hydroxylation sites is 1. The lowest BCUT2D eigenvalue weighted by Gasteiger charge is -2.24. The summed E-state index contributed by atoms with van der Waals surface area (Å²) in [5, 5.41) is 0.890. The molecule has 4 rings (SSSR count). The van der Waals surface area contributed by atoms with E-state index in [1.165, 1.54) is 0 Å². The molecule has 0 amide bonds. The quantitative estimate of drug-likeness (QED) is 0.537. The molecular formula is C22H20BrNO2. The normalized spacial score (nSPS) is 16.3. The summed E-state index contributed by atoms with van der Waals surface area (Å²) in [6, 6.07) is 15.7. The van der Waals surface area contributed by atoms with Crippen molar-refractivity contribution in [3.63, 3.8) is 0 Å². The van der Waals surface area contributed by atoms with Crippen LogP contribution in [0.25, 0.3) is 10.9 Å². The van der Waals surface area contributed by atoms with Crippen molar-refractivity contribution in [2.24, 2.45) is 5.92 Å². The molecule has 3 nitrogen and oxygen atoms in total. The minimum atomic E-state index is -0.253. The first-order valence-electron chi connectivity index (χ1n) is 8.94. The zero-order valence-electron chi connectivity index (χ0n) is 14.7. The molecule has 0 spiro atoms. The Labute approximate surface area is 161 Å². The smallest absolute Gasteiger partial charge is 0.339 e. The Balaban J connectivity index is 1.70. The molecule has 0 N–H and O–H groups in total. The van der Waals surface area contributed by atoms with Gasteiger partial charge in [-0.05, 0) is 54.5 Å². The number of carbonyl (C=O) groups excluding carboxylic acids is 1. The van der Waals surface area contributed by atoms with E-state index in [4.69, 9.17) is 9.72 Å². The van der Waals surface area contributed by atoms with E-state index in [2.05, 4.69) is 22.9 Å². The molecule has 1 aliphatic carbocycles. The fraction of sp³-hybridized carbons (Fsp3) is 0.273. The number of hydrogen-bond donors (Lipinski definition) is 0.